The number of amides is 1. The van der Waals surface area contributed by atoms with Gasteiger partial charge in [-0.15, -0.1) is 0 Å². The number of halogens is 1. The molecule has 1 aromatic heterocycles. The third-order valence-electron chi connectivity index (χ3n) is 7.51. The largest absolute Gasteiger partial charge is 0.355 e. The van der Waals surface area contributed by atoms with Crippen LogP contribution in [-0.2, 0) is 14.8 Å². The maximum absolute atomic E-state index is 14.0. The van der Waals surface area contributed by atoms with Crippen molar-refractivity contribution in [2.75, 3.05) is 39.3 Å². The van der Waals surface area contributed by atoms with E-state index in [9.17, 15) is 17.6 Å². The van der Waals surface area contributed by atoms with E-state index in [1.165, 1.54) is 22.5 Å². The first-order valence-corrected chi connectivity index (χ1v) is 14.6. The van der Waals surface area contributed by atoms with Crippen LogP contribution in [0.15, 0.2) is 33.7 Å². The lowest BCUT2D eigenvalue weighted by Gasteiger charge is -2.40. The Kier molecular flexibility index (Phi) is 8.82. The third kappa shape index (κ3) is 6.13. The number of carbonyl (C=O) groups excluding carboxylic acids is 1. The van der Waals surface area contributed by atoms with Crippen LogP contribution in [0.5, 0.6) is 0 Å². The number of piperidine rings is 1. The standard InChI is InChI=1S/C27H37FN4O4S/c1-4-7-20(2)30-16-18-31(19-17-30)27(33)23-12-14-32(15-13-23)37(34,35)26-21(3)29-36-25(26)11-10-22-8-5-6-9-24(22)28/h5-6,8-11,20,23H,4,7,12-19H2,1-3H3/b11-10+/t20-/m0/s1. The van der Waals surface area contributed by atoms with Gasteiger partial charge < -0.3 is 9.42 Å². The zero-order valence-corrected chi connectivity index (χ0v) is 22.7. The summed E-state index contributed by atoms with van der Waals surface area (Å²) in [6.07, 6.45) is 6.18. The van der Waals surface area contributed by atoms with E-state index in [1.54, 1.807) is 25.1 Å². The maximum atomic E-state index is 14.0. The SMILES string of the molecule is CCC[C@H](C)N1CCN(C(=O)C2CCN(S(=O)(=O)c3c(C)noc3/C=C/c3ccccc3F)CC2)CC1. The van der Waals surface area contributed by atoms with E-state index in [1.807, 2.05) is 4.90 Å². The minimum atomic E-state index is -3.89. The Hall–Kier alpha value is -2.56. The van der Waals surface area contributed by atoms with E-state index in [-0.39, 0.29) is 41.3 Å². The van der Waals surface area contributed by atoms with Crippen LogP contribution >= 0.6 is 0 Å². The van der Waals surface area contributed by atoms with E-state index in [0.29, 0.717) is 24.4 Å². The van der Waals surface area contributed by atoms with Crippen LogP contribution < -0.4 is 0 Å². The molecule has 0 N–H and O–H groups in total. The minimum absolute atomic E-state index is 0.0119. The summed E-state index contributed by atoms with van der Waals surface area (Å²) >= 11 is 0. The molecule has 202 valence electrons. The predicted octanol–water partition coefficient (Wildman–Crippen LogP) is 4.03. The fourth-order valence-corrected chi connectivity index (χ4v) is 7.01. The van der Waals surface area contributed by atoms with Gasteiger partial charge in [0.15, 0.2) is 10.7 Å². The molecule has 2 aliphatic heterocycles. The summed E-state index contributed by atoms with van der Waals surface area (Å²) in [6, 6.07) is 6.74. The summed E-state index contributed by atoms with van der Waals surface area (Å²) < 4.78 is 47.7. The zero-order valence-electron chi connectivity index (χ0n) is 21.9. The van der Waals surface area contributed by atoms with Gasteiger partial charge in [-0.05, 0) is 51.3 Å². The molecule has 0 bridgehead atoms. The van der Waals surface area contributed by atoms with E-state index in [4.69, 9.17) is 4.52 Å². The third-order valence-corrected chi connectivity index (χ3v) is 9.57. The summed E-state index contributed by atoms with van der Waals surface area (Å²) in [5.74, 6) is -0.387. The van der Waals surface area contributed by atoms with Gasteiger partial charge in [0.25, 0.3) is 0 Å². The number of carbonyl (C=O) groups is 1. The molecular formula is C27H37FN4O4S. The number of aryl methyl sites for hydroxylation is 1. The summed E-state index contributed by atoms with van der Waals surface area (Å²) in [5.41, 5.74) is 0.571. The van der Waals surface area contributed by atoms with Crippen LogP contribution in [-0.4, -0.2) is 78.9 Å². The highest BCUT2D eigenvalue weighted by Gasteiger charge is 2.37. The monoisotopic (exact) mass is 532 g/mol. The van der Waals surface area contributed by atoms with Crippen LogP contribution in [0.4, 0.5) is 4.39 Å². The van der Waals surface area contributed by atoms with Crippen molar-refractivity contribution in [1.82, 2.24) is 19.3 Å². The van der Waals surface area contributed by atoms with E-state index in [2.05, 4.69) is 23.9 Å². The first-order chi connectivity index (χ1) is 17.7. The minimum Gasteiger partial charge on any atom is -0.355 e. The number of piperazine rings is 1. The first kappa shape index (κ1) is 27.5. The lowest BCUT2D eigenvalue weighted by atomic mass is 9.96. The zero-order chi connectivity index (χ0) is 26.6. The van der Waals surface area contributed by atoms with Crippen LogP contribution in [0.3, 0.4) is 0 Å². The second-order valence-electron chi connectivity index (χ2n) is 9.99. The summed E-state index contributed by atoms with van der Waals surface area (Å²) in [4.78, 5) is 17.5. The van der Waals surface area contributed by atoms with Gasteiger partial charge in [-0.3, -0.25) is 9.69 Å². The molecule has 0 aliphatic carbocycles. The number of nitrogens with zero attached hydrogens (tertiary/aromatic N) is 4. The number of hydrogen-bond donors (Lipinski definition) is 0. The maximum Gasteiger partial charge on any atom is 0.248 e. The van der Waals surface area contributed by atoms with Gasteiger partial charge in [-0.25, -0.2) is 12.8 Å². The number of rotatable bonds is 8. The molecule has 0 saturated carbocycles. The Morgan fingerprint density at radius 3 is 2.46 bits per heavy atom. The van der Waals surface area contributed by atoms with E-state index < -0.39 is 15.8 Å². The van der Waals surface area contributed by atoms with Crippen molar-refractivity contribution in [1.29, 1.82) is 0 Å². The molecule has 2 aromatic rings. The summed E-state index contributed by atoms with van der Waals surface area (Å²) in [7, 11) is -3.89. The van der Waals surface area contributed by atoms with Crippen molar-refractivity contribution in [3.63, 3.8) is 0 Å². The molecule has 2 fully saturated rings. The molecule has 0 radical (unpaired) electrons. The molecule has 1 amide bonds. The van der Waals surface area contributed by atoms with Gasteiger partial charge in [0, 0.05) is 56.8 Å². The fourth-order valence-electron chi connectivity index (χ4n) is 5.29. The summed E-state index contributed by atoms with van der Waals surface area (Å²) in [5, 5.41) is 3.86. The van der Waals surface area contributed by atoms with Gasteiger partial charge in [-0.2, -0.15) is 4.31 Å². The average molecular weight is 533 g/mol. The van der Waals surface area contributed by atoms with Gasteiger partial charge in [0.1, 0.15) is 11.5 Å². The highest BCUT2D eigenvalue weighted by atomic mass is 32.2. The van der Waals surface area contributed by atoms with Gasteiger partial charge in [0.2, 0.25) is 15.9 Å². The average Bonchev–Trinajstić information content (AvgIpc) is 3.29. The van der Waals surface area contributed by atoms with Crippen LogP contribution in [0, 0.1) is 18.7 Å². The van der Waals surface area contributed by atoms with E-state index in [0.717, 1.165) is 39.0 Å². The smallest absolute Gasteiger partial charge is 0.248 e. The quantitative estimate of drug-likeness (QED) is 0.510. The van der Waals surface area contributed by atoms with Gasteiger partial charge in [-0.1, -0.05) is 36.7 Å². The highest BCUT2D eigenvalue weighted by molar-refractivity contribution is 7.89. The molecule has 2 saturated heterocycles. The Morgan fingerprint density at radius 2 is 1.81 bits per heavy atom. The van der Waals surface area contributed by atoms with Crippen molar-refractivity contribution in [2.45, 2.75) is 57.4 Å². The normalized spacial score (nSPS) is 19.5. The molecular weight excluding hydrogens is 495 g/mol. The molecule has 1 atom stereocenters. The Morgan fingerprint density at radius 1 is 1.14 bits per heavy atom. The number of benzene rings is 1. The molecule has 0 unspecified atom stereocenters. The lowest BCUT2D eigenvalue weighted by Crippen LogP contribution is -2.53. The lowest BCUT2D eigenvalue weighted by molar-refractivity contribution is -0.138. The van der Waals surface area contributed by atoms with E-state index >= 15 is 0 Å². The Balaban J connectivity index is 1.38. The van der Waals surface area contributed by atoms with Crippen molar-refractivity contribution < 1.29 is 22.1 Å². The summed E-state index contributed by atoms with van der Waals surface area (Å²) in [6.45, 7) is 9.75. The topological polar surface area (TPSA) is 87.0 Å². The van der Waals surface area contributed by atoms with Crippen LogP contribution in [0.25, 0.3) is 12.2 Å². The fraction of sp³-hybridized carbons (Fsp3) is 0.556. The van der Waals surface area contributed by atoms with Crippen molar-refractivity contribution >= 4 is 28.1 Å². The number of aromatic nitrogens is 1. The predicted molar refractivity (Wildman–Crippen MR) is 141 cm³/mol. The molecule has 37 heavy (non-hydrogen) atoms. The van der Waals surface area contributed by atoms with Crippen LogP contribution in [0.2, 0.25) is 0 Å². The second kappa shape index (κ2) is 11.9. The number of hydrogen-bond acceptors (Lipinski definition) is 6. The molecule has 1 aromatic carbocycles. The number of sulfonamides is 1. The molecule has 0 spiro atoms. The second-order valence-corrected chi connectivity index (χ2v) is 11.9. The molecule has 8 nitrogen and oxygen atoms in total. The molecule has 4 rings (SSSR count). The molecule has 2 aliphatic rings. The molecule has 10 heteroatoms. The Labute approximate surface area is 219 Å². The van der Waals surface area contributed by atoms with Crippen molar-refractivity contribution in [3.8, 4) is 0 Å². The van der Waals surface area contributed by atoms with Gasteiger partial charge in [0.05, 0.1) is 0 Å². The van der Waals surface area contributed by atoms with Gasteiger partial charge >= 0.3 is 0 Å². The highest BCUT2D eigenvalue weighted by Crippen LogP contribution is 2.30. The van der Waals surface area contributed by atoms with Crippen LogP contribution in [0.1, 0.15) is 56.5 Å². The first-order valence-electron chi connectivity index (χ1n) is 13.1. The Bertz CT molecular complexity index is 1210. The molecule has 3 heterocycles. The van der Waals surface area contributed by atoms with Crippen molar-refractivity contribution in [3.05, 3.63) is 47.1 Å². The van der Waals surface area contributed by atoms with Crippen molar-refractivity contribution in [2.24, 2.45) is 5.92 Å².